The van der Waals surface area contributed by atoms with Crippen LogP contribution in [0.15, 0.2) is 34.1 Å². The lowest BCUT2D eigenvalue weighted by Crippen LogP contribution is -2.04. The smallest absolute Gasteiger partial charge is 0.168 e. The van der Waals surface area contributed by atoms with Crippen molar-refractivity contribution in [1.82, 2.24) is 0 Å². The molecule has 2 rings (SSSR count). The molecule has 0 saturated heterocycles. The van der Waals surface area contributed by atoms with Gasteiger partial charge in [0.2, 0.25) is 0 Å². The molecule has 0 saturated carbocycles. The van der Waals surface area contributed by atoms with Gasteiger partial charge in [-0.05, 0) is 58.1 Å². The summed E-state index contributed by atoms with van der Waals surface area (Å²) in [6.07, 6.45) is 0.431. The van der Waals surface area contributed by atoms with Crippen molar-refractivity contribution in [2.24, 2.45) is 0 Å². The van der Waals surface area contributed by atoms with Gasteiger partial charge in [0.1, 0.15) is 0 Å². The summed E-state index contributed by atoms with van der Waals surface area (Å²) in [4.78, 5) is 13.2. The highest BCUT2D eigenvalue weighted by Gasteiger charge is 2.12. The number of hydrogen-bond donors (Lipinski definition) is 0. The van der Waals surface area contributed by atoms with Gasteiger partial charge in [-0.25, -0.2) is 0 Å². The van der Waals surface area contributed by atoms with Crippen LogP contribution in [0.4, 0.5) is 0 Å². The standard InChI is InChI=1S/C13H10BrClOS/c1-8-6-9(15)2-3-10(8)12(16)7-13-11(14)4-5-17-13/h2-6H,7H2,1H3. The van der Waals surface area contributed by atoms with Gasteiger partial charge in [0.15, 0.2) is 5.78 Å². The minimum Gasteiger partial charge on any atom is -0.294 e. The average molecular weight is 330 g/mol. The lowest BCUT2D eigenvalue weighted by atomic mass is 10.0. The van der Waals surface area contributed by atoms with Crippen molar-refractivity contribution >= 4 is 44.7 Å². The summed E-state index contributed by atoms with van der Waals surface area (Å²) in [5.74, 6) is 0.127. The van der Waals surface area contributed by atoms with E-state index >= 15 is 0 Å². The van der Waals surface area contributed by atoms with Gasteiger partial charge < -0.3 is 0 Å². The maximum absolute atomic E-state index is 12.1. The molecule has 0 unspecified atom stereocenters. The molecule has 0 N–H and O–H groups in total. The Morgan fingerprint density at radius 1 is 1.41 bits per heavy atom. The van der Waals surface area contributed by atoms with Crippen molar-refractivity contribution in [2.75, 3.05) is 0 Å². The zero-order valence-corrected chi connectivity index (χ0v) is 12.3. The quantitative estimate of drug-likeness (QED) is 0.732. The molecule has 0 bridgehead atoms. The van der Waals surface area contributed by atoms with Crippen LogP contribution in [0.25, 0.3) is 0 Å². The fourth-order valence-corrected chi connectivity index (χ4v) is 3.35. The van der Waals surface area contributed by atoms with Gasteiger partial charge in [-0.2, -0.15) is 0 Å². The number of aryl methyl sites for hydroxylation is 1. The SMILES string of the molecule is Cc1cc(Cl)ccc1C(=O)Cc1sccc1Br. The Morgan fingerprint density at radius 3 is 2.76 bits per heavy atom. The lowest BCUT2D eigenvalue weighted by Gasteiger charge is -2.04. The minimum atomic E-state index is 0.127. The van der Waals surface area contributed by atoms with Gasteiger partial charge >= 0.3 is 0 Å². The molecular weight excluding hydrogens is 320 g/mol. The van der Waals surface area contributed by atoms with Crippen molar-refractivity contribution in [3.8, 4) is 0 Å². The number of hydrogen-bond acceptors (Lipinski definition) is 2. The van der Waals surface area contributed by atoms with Crippen molar-refractivity contribution in [2.45, 2.75) is 13.3 Å². The Labute approximate surface area is 118 Å². The molecule has 0 fully saturated rings. The zero-order valence-electron chi connectivity index (χ0n) is 9.17. The predicted octanol–water partition coefficient (Wildman–Crippen LogP) is 4.90. The summed E-state index contributed by atoms with van der Waals surface area (Å²) in [6.45, 7) is 1.91. The number of Topliss-reactive ketones (excluding diaryl/α,β-unsaturated/α-hetero) is 1. The molecular formula is C13H10BrClOS. The highest BCUT2D eigenvalue weighted by molar-refractivity contribution is 9.10. The Kier molecular flexibility index (Phi) is 4.02. The fourth-order valence-electron chi connectivity index (χ4n) is 1.63. The van der Waals surface area contributed by atoms with E-state index in [1.807, 2.05) is 24.4 Å². The van der Waals surface area contributed by atoms with Gasteiger partial charge in [0, 0.05) is 26.4 Å². The second kappa shape index (κ2) is 5.34. The number of rotatable bonds is 3. The van der Waals surface area contributed by atoms with Crippen LogP contribution < -0.4 is 0 Å². The van der Waals surface area contributed by atoms with Crippen molar-refractivity contribution in [3.63, 3.8) is 0 Å². The van der Waals surface area contributed by atoms with E-state index in [2.05, 4.69) is 15.9 Å². The molecule has 0 aliphatic heterocycles. The van der Waals surface area contributed by atoms with E-state index in [4.69, 9.17) is 11.6 Å². The average Bonchev–Trinajstić information content (AvgIpc) is 2.64. The molecule has 4 heteroatoms. The van der Waals surface area contributed by atoms with Crippen LogP contribution in [0, 0.1) is 6.92 Å². The van der Waals surface area contributed by atoms with Crippen LogP contribution in [0.5, 0.6) is 0 Å². The largest absolute Gasteiger partial charge is 0.294 e. The van der Waals surface area contributed by atoms with Crippen LogP contribution in [-0.2, 0) is 6.42 Å². The summed E-state index contributed by atoms with van der Waals surface area (Å²) in [7, 11) is 0. The predicted molar refractivity (Wildman–Crippen MR) is 76.2 cm³/mol. The van der Waals surface area contributed by atoms with Crippen molar-refractivity contribution in [3.05, 3.63) is 55.1 Å². The molecule has 17 heavy (non-hydrogen) atoms. The van der Waals surface area contributed by atoms with Crippen LogP contribution in [0.3, 0.4) is 0 Å². The van der Waals surface area contributed by atoms with E-state index in [-0.39, 0.29) is 5.78 Å². The fraction of sp³-hybridized carbons (Fsp3) is 0.154. The molecule has 2 aromatic rings. The van der Waals surface area contributed by atoms with Crippen LogP contribution in [0.2, 0.25) is 5.02 Å². The Bertz CT molecular complexity index is 562. The van der Waals surface area contributed by atoms with E-state index in [0.29, 0.717) is 11.4 Å². The third kappa shape index (κ3) is 2.97. The van der Waals surface area contributed by atoms with Crippen LogP contribution in [0.1, 0.15) is 20.8 Å². The summed E-state index contributed by atoms with van der Waals surface area (Å²) in [5.41, 5.74) is 1.67. The number of carbonyl (C=O) groups is 1. The topological polar surface area (TPSA) is 17.1 Å². The van der Waals surface area contributed by atoms with Crippen molar-refractivity contribution in [1.29, 1.82) is 0 Å². The Morgan fingerprint density at radius 2 is 2.18 bits per heavy atom. The molecule has 0 aliphatic carbocycles. The zero-order chi connectivity index (χ0) is 12.4. The number of ketones is 1. The second-order valence-electron chi connectivity index (χ2n) is 3.75. The molecule has 0 radical (unpaired) electrons. The first kappa shape index (κ1) is 12.8. The van der Waals surface area contributed by atoms with E-state index in [1.54, 1.807) is 23.5 Å². The monoisotopic (exact) mass is 328 g/mol. The van der Waals surface area contributed by atoms with Crippen LogP contribution in [-0.4, -0.2) is 5.78 Å². The van der Waals surface area contributed by atoms with E-state index < -0.39 is 0 Å². The van der Waals surface area contributed by atoms with Gasteiger partial charge in [0.25, 0.3) is 0 Å². The normalized spacial score (nSPS) is 10.5. The second-order valence-corrected chi connectivity index (χ2v) is 6.04. The molecule has 1 nitrogen and oxygen atoms in total. The first-order chi connectivity index (χ1) is 8.08. The molecule has 1 aromatic heterocycles. The number of carbonyl (C=O) groups excluding carboxylic acids is 1. The van der Waals surface area contributed by atoms with E-state index in [1.165, 1.54) is 0 Å². The molecule has 0 aliphatic rings. The third-order valence-corrected chi connectivity index (χ3v) is 4.66. The molecule has 0 spiro atoms. The molecule has 0 atom stereocenters. The summed E-state index contributed by atoms with van der Waals surface area (Å²) in [5, 5.41) is 2.64. The number of benzene rings is 1. The lowest BCUT2D eigenvalue weighted by molar-refractivity contribution is 0.0993. The van der Waals surface area contributed by atoms with Gasteiger partial charge in [0.05, 0.1) is 0 Å². The Hall–Kier alpha value is -0.640. The highest BCUT2D eigenvalue weighted by atomic mass is 79.9. The maximum atomic E-state index is 12.1. The third-order valence-electron chi connectivity index (χ3n) is 2.50. The van der Waals surface area contributed by atoms with Gasteiger partial charge in [-0.1, -0.05) is 11.6 Å². The Balaban J connectivity index is 2.23. The number of thiophene rings is 1. The molecule has 88 valence electrons. The van der Waals surface area contributed by atoms with Gasteiger partial charge in [-0.3, -0.25) is 4.79 Å². The summed E-state index contributed by atoms with van der Waals surface area (Å²) < 4.78 is 1.00. The molecule has 0 amide bonds. The molecule has 1 aromatic carbocycles. The maximum Gasteiger partial charge on any atom is 0.168 e. The van der Waals surface area contributed by atoms with Crippen LogP contribution >= 0.6 is 38.9 Å². The number of halogens is 2. The first-order valence-electron chi connectivity index (χ1n) is 5.09. The van der Waals surface area contributed by atoms with Gasteiger partial charge in [-0.15, -0.1) is 11.3 Å². The first-order valence-corrected chi connectivity index (χ1v) is 7.14. The minimum absolute atomic E-state index is 0.127. The summed E-state index contributed by atoms with van der Waals surface area (Å²) >= 11 is 10.9. The summed E-state index contributed by atoms with van der Waals surface area (Å²) in [6, 6.07) is 7.33. The van der Waals surface area contributed by atoms with E-state index in [9.17, 15) is 4.79 Å². The van der Waals surface area contributed by atoms with Crippen molar-refractivity contribution < 1.29 is 4.79 Å². The van der Waals surface area contributed by atoms with E-state index in [0.717, 1.165) is 20.5 Å². The molecule has 1 heterocycles. The highest BCUT2D eigenvalue weighted by Crippen LogP contribution is 2.25.